The van der Waals surface area contributed by atoms with Crippen LogP contribution in [-0.2, 0) is 9.47 Å². The van der Waals surface area contributed by atoms with Crippen molar-refractivity contribution in [1.29, 1.82) is 0 Å². The summed E-state index contributed by atoms with van der Waals surface area (Å²) in [5.74, 6) is 0.812. The maximum absolute atomic E-state index is 13.3. The average Bonchev–Trinajstić information content (AvgIpc) is 2.89. The molecule has 1 aliphatic carbocycles. The van der Waals surface area contributed by atoms with Gasteiger partial charge in [0.2, 0.25) is 0 Å². The van der Waals surface area contributed by atoms with Crippen molar-refractivity contribution in [1.82, 2.24) is 20.9 Å². The number of ether oxygens (including phenoxy) is 2. The summed E-state index contributed by atoms with van der Waals surface area (Å²) in [7, 11) is 1.94. The lowest BCUT2D eigenvalue weighted by atomic mass is 9.85. The Labute approximate surface area is 227 Å². The molecule has 0 aromatic heterocycles. The fourth-order valence-corrected chi connectivity index (χ4v) is 5.86. The van der Waals surface area contributed by atoms with Crippen LogP contribution < -0.4 is 16.0 Å². The molecule has 0 bridgehead atoms. The number of hydrogen-bond acceptors (Lipinski definition) is 5. The van der Waals surface area contributed by atoms with E-state index < -0.39 is 6.09 Å². The summed E-state index contributed by atoms with van der Waals surface area (Å²) in [5.41, 5.74) is 0.975. The van der Waals surface area contributed by atoms with Gasteiger partial charge in [0.05, 0.1) is 12.7 Å². The molecular weight excluding hydrogens is 492 g/mol. The van der Waals surface area contributed by atoms with Crippen LogP contribution in [0.5, 0.6) is 0 Å². The number of nitrogens with zero attached hydrogens (tertiary/aromatic N) is 1. The molecule has 9 heteroatoms. The number of likely N-dealkylation sites (tertiary alicyclic amines) is 1. The van der Waals surface area contributed by atoms with Gasteiger partial charge in [0, 0.05) is 43.2 Å². The van der Waals surface area contributed by atoms with Gasteiger partial charge in [-0.05, 0) is 56.8 Å². The Bertz CT molecular complexity index is 836. The maximum atomic E-state index is 13.3. The van der Waals surface area contributed by atoms with Gasteiger partial charge >= 0.3 is 12.1 Å². The fraction of sp³-hybridized carbons (Fsp3) is 0.714. The SMILES string of the molecule is CCNC(=O)OCCO[C@@H](c1cccc(Cl)c1)[C@@H]1CCCN(C(=O)N[C@H](CNC)CC2CCCCC2)C1. The number of piperidine rings is 1. The quantitative estimate of drug-likeness (QED) is 0.322. The highest BCUT2D eigenvalue weighted by Gasteiger charge is 2.32. The standard InChI is InChI=1S/C28H45ClN4O4/c1-3-31-28(35)37-16-15-36-26(22-11-7-13-24(29)18-22)23-12-8-14-33(20-23)27(34)32-25(19-30-2)17-21-9-5-4-6-10-21/h7,11,13,18,21,23,25-26,30H,3-6,8-10,12,14-17,19-20H2,1-2H3,(H,31,35)(H,32,34)/t23-,25+,26+/m1/s1. The van der Waals surface area contributed by atoms with Gasteiger partial charge in [0.1, 0.15) is 6.61 Å². The Morgan fingerprint density at radius 3 is 2.68 bits per heavy atom. The maximum Gasteiger partial charge on any atom is 0.407 e. The molecule has 3 N–H and O–H groups in total. The number of alkyl carbamates (subject to hydrolysis) is 1. The van der Waals surface area contributed by atoms with Gasteiger partial charge in [-0.2, -0.15) is 0 Å². The molecule has 1 saturated carbocycles. The second kappa shape index (κ2) is 16.0. The number of carbonyl (C=O) groups is 2. The number of hydrogen-bond donors (Lipinski definition) is 3. The van der Waals surface area contributed by atoms with Crippen LogP contribution in [0.15, 0.2) is 24.3 Å². The van der Waals surface area contributed by atoms with Gasteiger partial charge in [-0.25, -0.2) is 9.59 Å². The predicted molar refractivity (Wildman–Crippen MR) is 147 cm³/mol. The molecule has 3 atom stereocenters. The largest absolute Gasteiger partial charge is 0.447 e. The molecule has 0 unspecified atom stereocenters. The highest BCUT2D eigenvalue weighted by atomic mass is 35.5. The van der Waals surface area contributed by atoms with Crippen LogP contribution in [0.2, 0.25) is 5.02 Å². The third-order valence-electron chi connectivity index (χ3n) is 7.41. The van der Waals surface area contributed by atoms with Gasteiger partial charge in [-0.15, -0.1) is 0 Å². The van der Waals surface area contributed by atoms with E-state index >= 15 is 0 Å². The van der Waals surface area contributed by atoms with Crippen LogP contribution >= 0.6 is 11.6 Å². The molecule has 0 radical (unpaired) electrons. The van der Waals surface area contributed by atoms with Gasteiger partial charge in [0.15, 0.2) is 0 Å². The highest BCUT2D eigenvalue weighted by molar-refractivity contribution is 6.30. The first-order valence-corrected chi connectivity index (χ1v) is 14.4. The molecule has 37 heavy (non-hydrogen) atoms. The summed E-state index contributed by atoms with van der Waals surface area (Å²) in [6.07, 6.45) is 8.67. The third kappa shape index (κ3) is 9.98. The zero-order chi connectivity index (χ0) is 26.5. The lowest BCUT2D eigenvalue weighted by Gasteiger charge is -2.38. The van der Waals surface area contributed by atoms with Gasteiger partial charge in [0.25, 0.3) is 0 Å². The second-order valence-electron chi connectivity index (χ2n) is 10.3. The molecule has 208 valence electrons. The number of rotatable bonds is 12. The van der Waals surface area contributed by atoms with E-state index in [-0.39, 0.29) is 37.3 Å². The van der Waals surface area contributed by atoms with Gasteiger partial charge < -0.3 is 30.3 Å². The predicted octanol–water partition coefficient (Wildman–Crippen LogP) is 5.12. The van der Waals surface area contributed by atoms with Crippen LogP contribution in [0.1, 0.15) is 70.0 Å². The molecule has 2 aliphatic rings. The van der Waals surface area contributed by atoms with E-state index in [9.17, 15) is 9.59 Å². The van der Waals surface area contributed by atoms with Crippen molar-refractivity contribution in [3.8, 4) is 0 Å². The van der Waals surface area contributed by atoms with Crippen molar-refractivity contribution in [2.24, 2.45) is 11.8 Å². The van der Waals surface area contributed by atoms with E-state index in [1.54, 1.807) is 0 Å². The van der Waals surface area contributed by atoms with Crippen LogP contribution in [-0.4, -0.2) is 69.5 Å². The lowest BCUT2D eigenvalue weighted by molar-refractivity contribution is -0.0264. The second-order valence-corrected chi connectivity index (χ2v) is 10.7. The monoisotopic (exact) mass is 536 g/mol. The number of nitrogens with one attached hydrogen (secondary N) is 3. The molecule has 3 amide bonds. The average molecular weight is 537 g/mol. The summed E-state index contributed by atoms with van der Waals surface area (Å²) in [4.78, 5) is 26.9. The van der Waals surface area contributed by atoms with E-state index in [0.717, 1.165) is 37.9 Å². The van der Waals surface area contributed by atoms with Crippen molar-refractivity contribution < 1.29 is 19.1 Å². The summed E-state index contributed by atoms with van der Waals surface area (Å²) in [6.45, 7) is 4.90. The summed E-state index contributed by atoms with van der Waals surface area (Å²) < 4.78 is 11.5. The molecule has 2 fully saturated rings. The Kier molecular flexibility index (Phi) is 12.8. The Balaban J connectivity index is 1.61. The summed E-state index contributed by atoms with van der Waals surface area (Å²) in [5, 5.41) is 9.84. The summed E-state index contributed by atoms with van der Waals surface area (Å²) in [6, 6.07) is 7.82. The molecule has 1 aromatic rings. The number of amides is 3. The summed E-state index contributed by atoms with van der Waals surface area (Å²) >= 11 is 6.30. The fourth-order valence-electron chi connectivity index (χ4n) is 5.67. The van der Waals surface area contributed by atoms with Gasteiger partial charge in [-0.3, -0.25) is 0 Å². The Morgan fingerprint density at radius 2 is 1.95 bits per heavy atom. The zero-order valence-corrected chi connectivity index (χ0v) is 23.2. The normalized spacial score (nSPS) is 20.2. The van der Waals surface area contributed by atoms with Crippen LogP contribution in [0.4, 0.5) is 9.59 Å². The molecule has 1 aliphatic heterocycles. The Hall–Kier alpha value is -2.03. The van der Waals surface area contributed by atoms with Crippen LogP contribution in [0, 0.1) is 11.8 Å². The van der Waals surface area contributed by atoms with Gasteiger partial charge in [-0.1, -0.05) is 55.8 Å². The first kappa shape index (κ1) is 29.5. The van der Waals surface area contributed by atoms with Crippen molar-refractivity contribution >= 4 is 23.7 Å². The van der Waals surface area contributed by atoms with E-state index in [2.05, 4.69) is 16.0 Å². The number of urea groups is 1. The molecule has 3 rings (SSSR count). The van der Waals surface area contributed by atoms with E-state index in [4.69, 9.17) is 21.1 Å². The van der Waals surface area contributed by atoms with Crippen molar-refractivity contribution in [2.45, 2.75) is 70.4 Å². The van der Waals surface area contributed by atoms with Crippen molar-refractivity contribution in [3.05, 3.63) is 34.9 Å². The molecule has 8 nitrogen and oxygen atoms in total. The first-order valence-electron chi connectivity index (χ1n) is 14.0. The van der Waals surface area contributed by atoms with Crippen molar-refractivity contribution in [2.75, 3.05) is 46.4 Å². The minimum absolute atomic E-state index is 0.00479. The topological polar surface area (TPSA) is 91.9 Å². The van der Waals surface area contributed by atoms with E-state index in [0.29, 0.717) is 24.0 Å². The third-order valence-corrected chi connectivity index (χ3v) is 7.64. The van der Waals surface area contributed by atoms with E-state index in [1.165, 1.54) is 32.1 Å². The minimum Gasteiger partial charge on any atom is -0.447 e. The first-order chi connectivity index (χ1) is 18.0. The Morgan fingerprint density at radius 1 is 1.14 bits per heavy atom. The van der Waals surface area contributed by atoms with Crippen LogP contribution in [0.25, 0.3) is 0 Å². The van der Waals surface area contributed by atoms with Crippen molar-refractivity contribution in [3.63, 3.8) is 0 Å². The molecular formula is C28H45ClN4O4. The minimum atomic E-state index is -0.449. The zero-order valence-electron chi connectivity index (χ0n) is 22.5. The molecule has 1 aromatic carbocycles. The number of carbonyl (C=O) groups excluding carboxylic acids is 2. The molecule has 1 heterocycles. The lowest BCUT2D eigenvalue weighted by Crippen LogP contribution is -2.52. The highest BCUT2D eigenvalue weighted by Crippen LogP contribution is 2.34. The smallest absolute Gasteiger partial charge is 0.407 e. The molecule has 0 spiro atoms. The number of benzene rings is 1. The number of likely N-dealkylation sites (N-methyl/N-ethyl adjacent to an activating group) is 1. The molecule has 1 saturated heterocycles. The van der Waals surface area contributed by atoms with Crippen LogP contribution in [0.3, 0.4) is 0 Å². The number of halogens is 1. The van der Waals surface area contributed by atoms with E-state index in [1.807, 2.05) is 43.1 Å².